The second-order valence-corrected chi connectivity index (χ2v) is 6.42. The van der Waals surface area contributed by atoms with Crippen molar-refractivity contribution in [3.05, 3.63) is 0 Å². The van der Waals surface area contributed by atoms with Gasteiger partial charge in [-0.15, -0.1) is 0 Å². The Bertz CT molecular complexity index is 153. The molecule has 1 saturated heterocycles. The van der Waals surface area contributed by atoms with Crippen molar-refractivity contribution in [1.29, 1.82) is 0 Å². The predicted molar refractivity (Wildman–Crippen MR) is 94.4 cm³/mol. The summed E-state index contributed by atoms with van der Waals surface area (Å²) in [5, 5.41) is 3.37. The lowest BCUT2D eigenvalue weighted by atomic mass is 9.87. The molecule has 0 unspecified atom stereocenters. The smallest absolute Gasteiger partial charge is 0.0515 e. The van der Waals surface area contributed by atoms with Gasteiger partial charge < -0.3 is 10.1 Å². The number of ether oxygens (including phenoxy) is 1. The van der Waals surface area contributed by atoms with Crippen LogP contribution in [-0.2, 0) is 4.74 Å². The minimum absolute atomic E-state index is 0. The predicted octanol–water partition coefficient (Wildman–Crippen LogP) is 5.37. The van der Waals surface area contributed by atoms with E-state index in [9.17, 15) is 0 Å². The first kappa shape index (κ1) is 24.9. The number of hydrogen-bond donors (Lipinski definition) is 1. The van der Waals surface area contributed by atoms with Gasteiger partial charge in [0.05, 0.1) is 6.10 Å². The normalized spacial score (nSPS) is 15.2. The number of piperidine rings is 1. The zero-order chi connectivity index (χ0) is 15.3. The lowest BCUT2D eigenvalue weighted by Crippen LogP contribution is -2.29. The second kappa shape index (κ2) is 17.0. The topological polar surface area (TPSA) is 21.3 Å². The minimum atomic E-state index is 0. The van der Waals surface area contributed by atoms with Crippen molar-refractivity contribution in [2.75, 3.05) is 20.2 Å². The number of hydrogen-bond acceptors (Lipinski definition) is 2. The lowest BCUT2D eigenvalue weighted by molar-refractivity contribution is 0.134. The minimum Gasteiger partial charge on any atom is -0.382 e. The molecule has 0 spiro atoms. The van der Waals surface area contributed by atoms with Crippen molar-refractivity contribution < 1.29 is 4.74 Å². The van der Waals surface area contributed by atoms with E-state index in [4.69, 9.17) is 4.74 Å². The maximum atomic E-state index is 4.75. The lowest BCUT2D eigenvalue weighted by Gasteiger charge is -2.25. The Balaban J connectivity index is -0.000000230. The Morgan fingerprint density at radius 1 is 1.00 bits per heavy atom. The van der Waals surface area contributed by atoms with E-state index in [0.717, 1.165) is 17.8 Å². The number of methoxy groups -OCH3 is 1. The Kier molecular flexibility index (Phi) is 21.1. The maximum Gasteiger partial charge on any atom is 0.0515 e. The molecule has 0 aliphatic carbocycles. The van der Waals surface area contributed by atoms with Crippen LogP contribution in [0.2, 0.25) is 0 Å². The van der Waals surface area contributed by atoms with Gasteiger partial charge in [0.2, 0.25) is 0 Å². The number of nitrogens with one attached hydrogen (secondary N) is 1. The fourth-order valence-electron chi connectivity index (χ4n) is 1.51. The summed E-state index contributed by atoms with van der Waals surface area (Å²) in [4.78, 5) is 0. The maximum absolute atomic E-state index is 4.75. The van der Waals surface area contributed by atoms with Crippen LogP contribution in [0, 0.1) is 17.8 Å². The highest BCUT2D eigenvalue weighted by molar-refractivity contribution is 4.70. The van der Waals surface area contributed by atoms with Crippen LogP contribution < -0.4 is 5.32 Å². The number of rotatable bonds is 3. The zero-order valence-corrected chi connectivity index (χ0v) is 14.8. The highest BCUT2D eigenvalue weighted by Gasteiger charge is 2.15. The van der Waals surface area contributed by atoms with E-state index in [2.05, 4.69) is 39.9 Å². The molecule has 0 amide bonds. The van der Waals surface area contributed by atoms with Crippen LogP contribution in [0.25, 0.3) is 0 Å². The molecule has 1 aliphatic heterocycles. The molecule has 0 aromatic heterocycles. The van der Waals surface area contributed by atoms with Crippen molar-refractivity contribution in [2.24, 2.45) is 17.8 Å². The molecule has 2 nitrogen and oxygen atoms in total. The van der Waals surface area contributed by atoms with Crippen molar-refractivity contribution in [1.82, 2.24) is 5.32 Å². The van der Waals surface area contributed by atoms with Crippen LogP contribution >= 0.6 is 0 Å². The summed E-state index contributed by atoms with van der Waals surface area (Å²) in [5.41, 5.74) is 0. The van der Waals surface area contributed by atoms with E-state index in [1.165, 1.54) is 32.4 Å². The monoisotopic (exact) mass is 289 g/mol. The average molecular weight is 290 g/mol. The van der Waals surface area contributed by atoms with Crippen LogP contribution in [-0.4, -0.2) is 26.3 Å². The highest BCUT2D eigenvalue weighted by atomic mass is 16.5. The summed E-state index contributed by atoms with van der Waals surface area (Å²) in [6.45, 7) is 17.8. The van der Waals surface area contributed by atoms with E-state index in [0.29, 0.717) is 6.10 Å². The average Bonchev–Trinajstić information content (AvgIpc) is 2.41. The molecular formula is C18H43NO. The van der Waals surface area contributed by atoms with Crippen molar-refractivity contribution in [3.8, 4) is 0 Å². The zero-order valence-electron chi connectivity index (χ0n) is 14.8. The molecule has 1 aliphatic rings. The third kappa shape index (κ3) is 20.2. The molecule has 0 saturated carbocycles. The van der Waals surface area contributed by atoms with Crippen LogP contribution in [0.5, 0.6) is 0 Å². The Morgan fingerprint density at radius 2 is 1.35 bits per heavy atom. The fraction of sp³-hybridized carbons (Fsp3) is 1.00. The second-order valence-electron chi connectivity index (χ2n) is 6.42. The van der Waals surface area contributed by atoms with Crippen LogP contribution in [0.1, 0.15) is 75.2 Å². The van der Waals surface area contributed by atoms with Gasteiger partial charge in [-0.2, -0.15) is 0 Å². The van der Waals surface area contributed by atoms with Gasteiger partial charge in [0.1, 0.15) is 0 Å². The highest BCUT2D eigenvalue weighted by Crippen LogP contribution is 2.20. The molecule has 0 bridgehead atoms. The molecule has 2 heteroatoms. The van der Waals surface area contributed by atoms with Crippen LogP contribution in [0.15, 0.2) is 0 Å². The van der Waals surface area contributed by atoms with Crippen molar-refractivity contribution in [2.45, 2.75) is 81.3 Å². The van der Waals surface area contributed by atoms with Gasteiger partial charge in [0.15, 0.2) is 0 Å². The molecule has 1 rings (SSSR count). The van der Waals surface area contributed by atoms with E-state index < -0.39 is 0 Å². The quantitative estimate of drug-likeness (QED) is 0.754. The molecule has 1 heterocycles. The summed E-state index contributed by atoms with van der Waals surface area (Å²) in [5.74, 6) is 2.77. The van der Waals surface area contributed by atoms with E-state index in [1.807, 2.05) is 13.8 Å². The molecule has 0 atom stereocenters. The Morgan fingerprint density at radius 3 is 1.50 bits per heavy atom. The van der Waals surface area contributed by atoms with Gasteiger partial charge >= 0.3 is 0 Å². The molecular weight excluding hydrogens is 246 g/mol. The molecule has 20 heavy (non-hydrogen) atoms. The van der Waals surface area contributed by atoms with Crippen molar-refractivity contribution >= 4 is 0 Å². The van der Waals surface area contributed by atoms with Gasteiger partial charge in [-0.05, 0) is 57.5 Å². The Labute approximate surface area is 130 Å². The summed E-state index contributed by atoms with van der Waals surface area (Å²) >= 11 is 0. The molecule has 1 fully saturated rings. The summed E-state index contributed by atoms with van der Waals surface area (Å²) in [7, 11) is 1.70. The first-order chi connectivity index (χ1) is 8.84. The SMILES string of the molecule is C.CC(C)C1CCNCC1.CCC(C)C.COC(C)C. The molecule has 0 aromatic rings. The standard InChI is InChI=1S/C8H17N.C5H12.C4H10O.CH4/c1-7(2)8-3-5-9-6-4-8;1-4-5(2)3;1-4(2)5-3;/h7-9H,3-6H2,1-2H3;5H,4H2,1-3H3;4H,1-3H3;1H4. The van der Waals surface area contributed by atoms with E-state index in [1.54, 1.807) is 7.11 Å². The molecule has 0 radical (unpaired) electrons. The third-order valence-corrected chi connectivity index (χ3v) is 3.61. The summed E-state index contributed by atoms with van der Waals surface area (Å²) < 4.78 is 4.75. The van der Waals surface area contributed by atoms with Gasteiger partial charge in [0, 0.05) is 7.11 Å². The first-order valence-corrected chi connectivity index (χ1v) is 8.08. The summed E-state index contributed by atoms with van der Waals surface area (Å²) in [6.07, 6.45) is 4.46. The molecule has 0 aromatic carbocycles. The van der Waals surface area contributed by atoms with Gasteiger partial charge in [-0.3, -0.25) is 0 Å². The van der Waals surface area contributed by atoms with E-state index in [-0.39, 0.29) is 7.43 Å². The molecule has 126 valence electrons. The van der Waals surface area contributed by atoms with Gasteiger partial charge in [0.25, 0.3) is 0 Å². The first-order valence-electron chi connectivity index (χ1n) is 8.08. The third-order valence-electron chi connectivity index (χ3n) is 3.61. The van der Waals surface area contributed by atoms with Crippen LogP contribution in [0.3, 0.4) is 0 Å². The van der Waals surface area contributed by atoms with Crippen molar-refractivity contribution in [3.63, 3.8) is 0 Å². The summed E-state index contributed by atoms with van der Waals surface area (Å²) in [6, 6.07) is 0. The van der Waals surface area contributed by atoms with Crippen LogP contribution in [0.4, 0.5) is 0 Å². The molecule has 1 N–H and O–H groups in total. The van der Waals surface area contributed by atoms with E-state index >= 15 is 0 Å². The fourth-order valence-corrected chi connectivity index (χ4v) is 1.51. The Hall–Kier alpha value is -0.0800. The largest absolute Gasteiger partial charge is 0.382 e. The van der Waals surface area contributed by atoms with Gasteiger partial charge in [-0.1, -0.05) is 48.5 Å². The van der Waals surface area contributed by atoms with Gasteiger partial charge in [-0.25, -0.2) is 0 Å².